The fourth-order valence-corrected chi connectivity index (χ4v) is 3.20. The molecule has 1 atom stereocenters. The van der Waals surface area contributed by atoms with Gasteiger partial charge in [0.05, 0.1) is 12.3 Å². The van der Waals surface area contributed by atoms with Crippen LogP contribution in [0.2, 0.25) is 0 Å². The van der Waals surface area contributed by atoms with E-state index in [0.717, 1.165) is 22.6 Å². The first-order valence-electron chi connectivity index (χ1n) is 11.2. The van der Waals surface area contributed by atoms with Crippen LogP contribution in [0, 0.1) is 0 Å². The highest BCUT2D eigenvalue weighted by atomic mass is 16.6. The Labute approximate surface area is 192 Å². The van der Waals surface area contributed by atoms with Crippen molar-refractivity contribution in [2.75, 3.05) is 25.2 Å². The van der Waals surface area contributed by atoms with E-state index >= 15 is 0 Å². The van der Waals surface area contributed by atoms with Crippen LogP contribution in [0.25, 0.3) is 0 Å². The zero-order chi connectivity index (χ0) is 24.3. The molecule has 0 saturated carbocycles. The molecule has 0 N–H and O–H groups in total. The predicted molar refractivity (Wildman–Crippen MR) is 124 cm³/mol. The molecular formula is C24H39N3O5. The maximum atomic E-state index is 13.0. The standard InChI is InChI=1S/C24H39N3O5/c1-16(2)26(9)14-19-18(17-12-13-30-15-17)10-11-20(25-19)27(21(28)31-23(3,4)5)22(29)32-24(6,7)8/h10-11,16-17H,12-15H2,1-9H3. The van der Waals surface area contributed by atoms with Crippen molar-refractivity contribution >= 4 is 18.0 Å². The number of pyridine rings is 1. The molecule has 1 unspecified atom stereocenters. The van der Waals surface area contributed by atoms with E-state index in [0.29, 0.717) is 25.8 Å². The van der Waals surface area contributed by atoms with Gasteiger partial charge in [0, 0.05) is 25.1 Å². The number of imide groups is 1. The predicted octanol–water partition coefficient (Wildman–Crippen LogP) is 5.10. The first kappa shape index (κ1) is 26.1. The third-order valence-electron chi connectivity index (χ3n) is 5.03. The number of anilines is 1. The maximum absolute atomic E-state index is 13.0. The molecule has 8 nitrogen and oxygen atoms in total. The van der Waals surface area contributed by atoms with Gasteiger partial charge in [-0.05, 0) is 80.5 Å². The average Bonchev–Trinajstić information content (AvgIpc) is 3.13. The number of carbonyl (C=O) groups excluding carboxylic acids is 2. The second-order valence-electron chi connectivity index (χ2n) is 10.6. The SMILES string of the molecule is CC(C)N(C)Cc1nc(N(C(=O)OC(C)(C)C)C(=O)OC(C)(C)C)ccc1C1CCOC1. The summed E-state index contributed by atoms with van der Waals surface area (Å²) in [6.07, 6.45) is -0.722. The third-order valence-corrected chi connectivity index (χ3v) is 5.03. The van der Waals surface area contributed by atoms with Crippen LogP contribution in [0.5, 0.6) is 0 Å². The Bertz CT molecular complexity index is 777. The van der Waals surface area contributed by atoms with E-state index in [-0.39, 0.29) is 11.7 Å². The first-order chi connectivity index (χ1) is 14.7. The number of carbonyl (C=O) groups is 2. The van der Waals surface area contributed by atoms with E-state index in [4.69, 9.17) is 19.2 Å². The molecule has 180 valence electrons. The Balaban J connectivity index is 2.50. The van der Waals surface area contributed by atoms with Gasteiger partial charge in [-0.2, -0.15) is 4.90 Å². The lowest BCUT2D eigenvalue weighted by atomic mass is 9.96. The van der Waals surface area contributed by atoms with Crippen molar-refractivity contribution in [3.05, 3.63) is 23.4 Å². The molecule has 1 aliphatic heterocycles. The number of hydrogen-bond donors (Lipinski definition) is 0. The quantitative estimate of drug-likeness (QED) is 0.618. The van der Waals surface area contributed by atoms with E-state index < -0.39 is 23.4 Å². The largest absolute Gasteiger partial charge is 0.443 e. The van der Waals surface area contributed by atoms with Crippen LogP contribution in [0.4, 0.5) is 15.4 Å². The van der Waals surface area contributed by atoms with Gasteiger partial charge in [-0.3, -0.25) is 4.90 Å². The van der Waals surface area contributed by atoms with Crippen molar-refractivity contribution < 1.29 is 23.8 Å². The van der Waals surface area contributed by atoms with Crippen LogP contribution < -0.4 is 4.90 Å². The van der Waals surface area contributed by atoms with Crippen molar-refractivity contribution in [1.29, 1.82) is 0 Å². The summed E-state index contributed by atoms with van der Waals surface area (Å²) in [5.41, 5.74) is 0.330. The highest BCUT2D eigenvalue weighted by Gasteiger charge is 2.34. The summed E-state index contributed by atoms with van der Waals surface area (Å²) < 4.78 is 16.6. The van der Waals surface area contributed by atoms with Crippen LogP contribution in [-0.2, 0) is 20.8 Å². The van der Waals surface area contributed by atoms with Crippen LogP contribution in [0.3, 0.4) is 0 Å². The molecule has 2 amide bonds. The van der Waals surface area contributed by atoms with Gasteiger partial charge in [0.2, 0.25) is 0 Å². The molecule has 0 radical (unpaired) electrons. The molecule has 2 heterocycles. The van der Waals surface area contributed by atoms with Crippen LogP contribution >= 0.6 is 0 Å². The fraction of sp³-hybridized carbons (Fsp3) is 0.708. The van der Waals surface area contributed by atoms with Gasteiger partial charge < -0.3 is 14.2 Å². The number of rotatable bonds is 5. The van der Waals surface area contributed by atoms with Crippen LogP contribution in [0.1, 0.15) is 79.0 Å². The van der Waals surface area contributed by atoms with E-state index in [9.17, 15) is 9.59 Å². The Morgan fingerprint density at radius 1 is 1.09 bits per heavy atom. The second-order valence-corrected chi connectivity index (χ2v) is 10.6. The smallest absolute Gasteiger partial charge is 0.425 e. The van der Waals surface area contributed by atoms with Crippen molar-refractivity contribution in [2.45, 2.75) is 91.5 Å². The van der Waals surface area contributed by atoms with Gasteiger partial charge in [-0.15, -0.1) is 0 Å². The molecular weight excluding hydrogens is 410 g/mol. The molecule has 8 heteroatoms. The van der Waals surface area contributed by atoms with Crippen LogP contribution in [0.15, 0.2) is 12.1 Å². The normalized spacial score (nSPS) is 17.0. The maximum Gasteiger partial charge on any atom is 0.425 e. The molecule has 1 saturated heterocycles. The number of amides is 2. The average molecular weight is 450 g/mol. The highest BCUT2D eigenvalue weighted by molar-refractivity contribution is 6.08. The van der Waals surface area contributed by atoms with Crippen molar-refractivity contribution in [1.82, 2.24) is 9.88 Å². The van der Waals surface area contributed by atoms with Crippen molar-refractivity contribution in [3.8, 4) is 0 Å². The summed E-state index contributed by atoms with van der Waals surface area (Å²) in [7, 11) is 2.02. The Morgan fingerprint density at radius 3 is 2.09 bits per heavy atom. The Hall–Kier alpha value is -2.19. The number of aromatic nitrogens is 1. The zero-order valence-electron chi connectivity index (χ0n) is 21.0. The molecule has 1 fully saturated rings. The Morgan fingerprint density at radius 2 is 1.66 bits per heavy atom. The van der Waals surface area contributed by atoms with Gasteiger partial charge in [-0.1, -0.05) is 6.07 Å². The zero-order valence-corrected chi connectivity index (χ0v) is 21.0. The molecule has 1 aromatic rings. The lowest BCUT2D eigenvalue weighted by molar-refractivity contribution is 0.0429. The van der Waals surface area contributed by atoms with Gasteiger partial charge >= 0.3 is 12.2 Å². The summed E-state index contributed by atoms with van der Waals surface area (Å²) in [6, 6.07) is 3.92. The first-order valence-corrected chi connectivity index (χ1v) is 11.2. The second kappa shape index (κ2) is 10.2. The van der Waals surface area contributed by atoms with Crippen LogP contribution in [-0.4, -0.2) is 59.6 Å². The summed E-state index contributed by atoms with van der Waals surface area (Å²) in [5.74, 6) is 0.423. The number of ether oxygens (including phenoxy) is 3. The minimum absolute atomic E-state index is 0.184. The summed E-state index contributed by atoms with van der Waals surface area (Å²) in [5, 5.41) is 0. The monoisotopic (exact) mass is 449 g/mol. The Kier molecular flexibility index (Phi) is 8.28. The van der Waals surface area contributed by atoms with E-state index in [1.54, 1.807) is 47.6 Å². The molecule has 1 aliphatic rings. The molecule has 0 bridgehead atoms. The fourth-order valence-electron chi connectivity index (χ4n) is 3.20. The third kappa shape index (κ3) is 7.45. The minimum Gasteiger partial charge on any atom is -0.443 e. The van der Waals surface area contributed by atoms with E-state index in [2.05, 4.69) is 18.7 Å². The van der Waals surface area contributed by atoms with E-state index in [1.165, 1.54) is 0 Å². The minimum atomic E-state index is -0.820. The van der Waals surface area contributed by atoms with Crippen molar-refractivity contribution in [2.24, 2.45) is 0 Å². The molecule has 2 rings (SSSR count). The van der Waals surface area contributed by atoms with Gasteiger partial charge in [-0.25, -0.2) is 14.6 Å². The summed E-state index contributed by atoms with van der Waals surface area (Å²) >= 11 is 0. The molecule has 0 spiro atoms. The topological polar surface area (TPSA) is 81.2 Å². The van der Waals surface area contributed by atoms with Gasteiger partial charge in [0.15, 0.2) is 0 Å². The number of hydrogen-bond acceptors (Lipinski definition) is 7. The van der Waals surface area contributed by atoms with Gasteiger partial charge in [0.25, 0.3) is 0 Å². The highest BCUT2D eigenvalue weighted by Crippen LogP contribution is 2.30. The lowest BCUT2D eigenvalue weighted by Gasteiger charge is -2.29. The van der Waals surface area contributed by atoms with E-state index in [1.807, 2.05) is 13.1 Å². The number of nitrogens with zero attached hydrogens (tertiary/aromatic N) is 3. The van der Waals surface area contributed by atoms with Crippen molar-refractivity contribution in [3.63, 3.8) is 0 Å². The van der Waals surface area contributed by atoms with Gasteiger partial charge in [0.1, 0.15) is 17.0 Å². The summed E-state index contributed by atoms with van der Waals surface area (Å²) in [6.45, 7) is 16.6. The molecule has 1 aromatic heterocycles. The molecule has 0 aliphatic carbocycles. The lowest BCUT2D eigenvalue weighted by Crippen LogP contribution is -2.44. The summed E-state index contributed by atoms with van der Waals surface area (Å²) in [4.78, 5) is 33.8. The molecule has 32 heavy (non-hydrogen) atoms. The molecule has 0 aromatic carbocycles.